The summed E-state index contributed by atoms with van der Waals surface area (Å²) in [5, 5.41) is 3.20. The lowest BCUT2D eigenvalue weighted by atomic mass is 9.96. The Morgan fingerprint density at radius 1 is 0.278 bits per heavy atom. The predicted octanol–water partition coefficient (Wildman–Crippen LogP) is 12.7. The molecule has 4 heterocycles. The van der Waals surface area contributed by atoms with Crippen LogP contribution < -0.4 is 0 Å². The van der Waals surface area contributed by atoms with Gasteiger partial charge < -0.3 is 0 Å². The summed E-state index contributed by atoms with van der Waals surface area (Å²) in [6, 6.07) is 65.5. The van der Waals surface area contributed by atoms with E-state index in [0.29, 0.717) is 0 Å². The Morgan fingerprint density at radius 3 is 1.70 bits per heavy atom. The lowest BCUT2D eigenvalue weighted by molar-refractivity contribution is 1.27. The largest absolute Gasteiger partial charge is 0.256 e. The number of pyridine rings is 4. The highest BCUT2D eigenvalue weighted by molar-refractivity contribution is 6.09. The first-order valence-electron chi connectivity index (χ1n) is 18.1. The number of benzene rings is 6. The van der Waals surface area contributed by atoms with Crippen molar-refractivity contribution >= 4 is 32.7 Å². The number of aromatic nitrogens is 4. The van der Waals surface area contributed by atoms with Gasteiger partial charge in [-0.25, -0.2) is 15.0 Å². The average molecular weight is 689 g/mol. The fourth-order valence-electron chi connectivity index (χ4n) is 7.42. The molecule has 0 saturated carbocycles. The van der Waals surface area contributed by atoms with Crippen molar-refractivity contribution in [3.05, 3.63) is 194 Å². The van der Waals surface area contributed by atoms with Crippen molar-refractivity contribution in [2.24, 2.45) is 0 Å². The van der Waals surface area contributed by atoms with Crippen molar-refractivity contribution in [3.8, 4) is 67.3 Å². The maximum absolute atomic E-state index is 5.43. The van der Waals surface area contributed by atoms with Gasteiger partial charge in [0.2, 0.25) is 0 Å². The lowest BCUT2D eigenvalue weighted by Crippen LogP contribution is -1.97. The molecule has 54 heavy (non-hydrogen) atoms. The summed E-state index contributed by atoms with van der Waals surface area (Å²) in [7, 11) is 0. The molecule has 0 N–H and O–H groups in total. The molecule has 252 valence electrons. The Hall–Kier alpha value is -7.30. The first-order chi connectivity index (χ1) is 26.7. The third-order valence-electron chi connectivity index (χ3n) is 10.1. The molecular weight excluding hydrogens is 657 g/mol. The van der Waals surface area contributed by atoms with E-state index in [4.69, 9.17) is 19.9 Å². The Bertz CT molecular complexity index is 2970. The van der Waals surface area contributed by atoms with E-state index in [1.54, 1.807) is 0 Å². The van der Waals surface area contributed by atoms with Crippen LogP contribution in [0.2, 0.25) is 0 Å². The monoisotopic (exact) mass is 688 g/mol. The Morgan fingerprint density at radius 2 is 0.889 bits per heavy atom. The fourth-order valence-corrected chi connectivity index (χ4v) is 7.42. The van der Waals surface area contributed by atoms with Crippen molar-refractivity contribution in [1.29, 1.82) is 0 Å². The Labute approximate surface area is 313 Å². The summed E-state index contributed by atoms with van der Waals surface area (Å²) in [5.74, 6) is 0. The van der Waals surface area contributed by atoms with E-state index in [1.807, 2.05) is 36.5 Å². The molecule has 4 aromatic heterocycles. The normalized spacial score (nSPS) is 11.3. The SMILES string of the molecule is c1ccc(-c2cc(-c3cccc(-c4cccc5cccnc45)c3)nc(-c3cc(-c4ccccc4)c4ccc5ccc(-c6ccccc6)nc5c4n3)c2)cc1. The smallest absolute Gasteiger partial charge is 0.0979 e. The van der Waals surface area contributed by atoms with Crippen molar-refractivity contribution < 1.29 is 0 Å². The summed E-state index contributed by atoms with van der Waals surface area (Å²) in [6.07, 6.45) is 1.86. The number of rotatable bonds is 6. The number of para-hydroxylation sites is 1. The van der Waals surface area contributed by atoms with Crippen LogP contribution in [-0.2, 0) is 0 Å². The molecule has 6 aromatic carbocycles. The van der Waals surface area contributed by atoms with Crippen LogP contribution in [0.5, 0.6) is 0 Å². The third kappa shape index (κ3) is 5.76. The topological polar surface area (TPSA) is 51.6 Å². The van der Waals surface area contributed by atoms with E-state index < -0.39 is 0 Å². The zero-order valence-corrected chi connectivity index (χ0v) is 29.3. The summed E-state index contributed by atoms with van der Waals surface area (Å²) >= 11 is 0. The maximum atomic E-state index is 5.43. The Balaban J connectivity index is 1.21. The molecule has 10 aromatic rings. The zero-order valence-electron chi connectivity index (χ0n) is 29.3. The van der Waals surface area contributed by atoms with Crippen LogP contribution in [-0.4, -0.2) is 19.9 Å². The second-order valence-corrected chi connectivity index (χ2v) is 13.5. The van der Waals surface area contributed by atoms with Crippen LogP contribution >= 0.6 is 0 Å². The zero-order chi connectivity index (χ0) is 35.8. The van der Waals surface area contributed by atoms with Gasteiger partial charge in [0.05, 0.1) is 39.3 Å². The minimum Gasteiger partial charge on any atom is -0.256 e. The van der Waals surface area contributed by atoms with Crippen LogP contribution in [0, 0.1) is 0 Å². The van der Waals surface area contributed by atoms with Crippen LogP contribution in [0.1, 0.15) is 0 Å². The first kappa shape index (κ1) is 31.4. The molecule has 0 aliphatic carbocycles. The molecule has 0 aliphatic rings. The van der Waals surface area contributed by atoms with Gasteiger partial charge in [-0.1, -0.05) is 152 Å². The average Bonchev–Trinajstić information content (AvgIpc) is 3.26. The molecule has 0 aliphatic heterocycles. The molecule has 10 rings (SSSR count). The van der Waals surface area contributed by atoms with Crippen LogP contribution in [0.4, 0.5) is 0 Å². The van der Waals surface area contributed by atoms with Crippen LogP contribution in [0.15, 0.2) is 194 Å². The summed E-state index contributed by atoms with van der Waals surface area (Å²) < 4.78 is 0. The van der Waals surface area contributed by atoms with Gasteiger partial charge in [0.15, 0.2) is 0 Å². The van der Waals surface area contributed by atoms with Gasteiger partial charge in [0, 0.05) is 39.0 Å². The van der Waals surface area contributed by atoms with E-state index in [-0.39, 0.29) is 0 Å². The molecule has 0 saturated heterocycles. The third-order valence-corrected chi connectivity index (χ3v) is 10.1. The van der Waals surface area contributed by atoms with Gasteiger partial charge in [-0.05, 0) is 64.2 Å². The molecule has 0 bridgehead atoms. The predicted molar refractivity (Wildman–Crippen MR) is 223 cm³/mol. The van der Waals surface area contributed by atoms with Crippen molar-refractivity contribution in [2.75, 3.05) is 0 Å². The van der Waals surface area contributed by atoms with Crippen molar-refractivity contribution in [3.63, 3.8) is 0 Å². The molecule has 0 fully saturated rings. The van der Waals surface area contributed by atoms with E-state index in [2.05, 4.69) is 158 Å². The summed E-state index contributed by atoms with van der Waals surface area (Å²) in [4.78, 5) is 20.8. The number of nitrogens with zero attached hydrogens (tertiary/aromatic N) is 4. The number of fused-ring (bicyclic) bond motifs is 4. The quantitative estimate of drug-likeness (QED) is 0.163. The van der Waals surface area contributed by atoms with Gasteiger partial charge >= 0.3 is 0 Å². The first-order valence-corrected chi connectivity index (χ1v) is 18.1. The van der Waals surface area contributed by atoms with Gasteiger partial charge in [-0.2, -0.15) is 0 Å². The van der Waals surface area contributed by atoms with Gasteiger partial charge in [0.1, 0.15) is 0 Å². The molecule has 4 nitrogen and oxygen atoms in total. The number of hydrogen-bond donors (Lipinski definition) is 0. The van der Waals surface area contributed by atoms with Gasteiger partial charge in [-0.3, -0.25) is 4.98 Å². The molecular formula is C50H32N4. The highest BCUT2D eigenvalue weighted by Gasteiger charge is 2.17. The number of hydrogen-bond acceptors (Lipinski definition) is 4. The van der Waals surface area contributed by atoms with E-state index in [0.717, 1.165) is 100.0 Å². The fraction of sp³-hybridized carbons (Fsp3) is 0. The van der Waals surface area contributed by atoms with Crippen LogP contribution in [0.3, 0.4) is 0 Å². The second-order valence-electron chi connectivity index (χ2n) is 13.5. The van der Waals surface area contributed by atoms with E-state index in [9.17, 15) is 0 Å². The van der Waals surface area contributed by atoms with Crippen LogP contribution in [0.25, 0.3) is 100.0 Å². The summed E-state index contributed by atoms with van der Waals surface area (Å²) in [5.41, 5.74) is 14.7. The molecule has 0 unspecified atom stereocenters. The molecule has 0 spiro atoms. The van der Waals surface area contributed by atoms with Crippen molar-refractivity contribution in [2.45, 2.75) is 0 Å². The highest BCUT2D eigenvalue weighted by atomic mass is 14.8. The maximum Gasteiger partial charge on any atom is 0.0979 e. The standard InChI is InChI=1S/C50H32N4/c1-4-13-33(14-5-1)40-30-45(39-21-10-20-38(29-39)41-23-11-19-36-22-12-28-51-48(36)41)52-46(31-40)47-32-43(34-15-6-2-7-16-34)42-26-24-37-25-27-44(35-17-8-3-9-18-35)53-49(37)50(42)54-47/h1-32H. The minimum atomic E-state index is 0.786. The summed E-state index contributed by atoms with van der Waals surface area (Å²) in [6.45, 7) is 0. The molecule has 0 amide bonds. The highest BCUT2D eigenvalue weighted by Crippen LogP contribution is 2.38. The van der Waals surface area contributed by atoms with E-state index >= 15 is 0 Å². The molecule has 0 radical (unpaired) electrons. The molecule has 4 heteroatoms. The molecule has 0 atom stereocenters. The Kier molecular flexibility index (Phi) is 7.77. The van der Waals surface area contributed by atoms with Gasteiger partial charge in [-0.15, -0.1) is 0 Å². The van der Waals surface area contributed by atoms with E-state index in [1.165, 1.54) is 0 Å². The van der Waals surface area contributed by atoms with Crippen molar-refractivity contribution in [1.82, 2.24) is 19.9 Å². The van der Waals surface area contributed by atoms with Gasteiger partial charge in [0.25, 0.3) is 0 Å². The second kappa shape index (κ2) is 13.4. The minimum absolute atomic E-state index is 0.786. The lowest BCUT2D eigenvalue weighted by Gasteiger charge is -2.15.